The van der Waals surface area contributed by atoms with Crippen LogP contribution in [0.3, 0.4) is 0 Å². The third-order valence-corrected chi connectivity index (χ3v) is 2.55. The molecule has 0 saturated carbocycles. The van der Waals surface area contributed by atoms with Crippen LogP contribution in [-0.4, -0.2) is 36.7 Å². The van der Waals surface area contributed by atoms with Gasteiger partial charge in [0.2, 0.25) is 0 Å². The van der Waals surface area contributed by atoms with Gasteiger partial charge in [-0.3, -0.25) is 4.90 Å². The molecule has 0 amide bonds. The normalized spacial score (nSPS) is 34.1. The highest BCUT2D eigenvalue weighted by molar-refractivity contribution is 4.83. The third kappa shape index (κ3) is 2.14. The van der Waals surface area contributed by atoms with Crippen molar-refractivity contribution in [2.24, 2.45) is 5.73 Å². The molecule has 1 aliphatic rings. The molecule has 0 spiro atoms. The van der Waals surface area contributed by atoms with Crippen molar-refractivity contribution < 1.29 is 4.39 Å². The number of hydrogen-bond donors (Lipinski definition) is 1. The van der Waals surface area contributed by atoms with Crippen molar-refractivity contribution in [3.05, 3.63) is 0 Å². The van der Waals surface area contributed by atoms with Crippen LogP contribution in [-0.2, 0) is 0 Å². The van der Waals surface area contributed by atoms with E-state index in [1.165, 1.54) is 0 Å². The number of alkyl halides is 1. The second-order valence-corrected chi connectivity index (χ2v) is 3.27. The van der Waals surface area contributed by atoms with Gasteiger partial charge < -0.3 is 5.73 Å². The Morgan fingerprint density at radius 3 is 3.00 bits per heavy atom. The van der Waals surface area contributed by atoms with Crippen LogP contribution in [0, 0.1) is 0 Å². The molecule has 0 aromatic rings. The van der Waals surface area contributed by atoms with Gasteiger partial charge in [-0.05, 0) is 26.3 Å². The molecule has 66 valence electrons. The maximum atomic E-state index is 12.0. The SMILES string of the molecule is C[C@@H]1[C@H](N)CCCN1CCF. The number of halogens is 1. The predicted octanol–water partition coefficient (Wildman–Crippen LogP) is 0.767. The third-order valence-electron chi connectivity index (χ3n) is 2.55. The second kappa shape index (κ2) is 4.02. The van der Waals surface area contributed by atoms with Crippen LogP contribution in [0.5, 0.6) is 0 Å². The first-order chi connectivity index (χ1) is 5.25. The van der Waals surface area contributed by atoms with E-state index in [0.29, 0.717) is 12.6 Å². The Hall–Kier alpha value is -0.150. The predicted molar refractivity (Wildman–Crippen MR) is 44.2 cm³/mol. The van der Waals surface area contributed by atoms with Crippen LogP contribution in [0.25, 0.3) is 0 Å². The fourth-order valence-electron chi connectivity index (χ4n) is 1.67. The molecule has 2 nitrogen and oxygen atoms in total. The van der Waals surface area contributed by atoms with Crippen LogP contribution in [0.2, 0.25) is 0 Å². The molecule has 2 N–H and O–H groups in total. The lowest BCUT2D eigenvalue weighted by Crippen LogP contribution is -2.50. The van der Waals surface area contributed by atoms with E-state index in [1.54, 1.807) is 0 Å². The maximum absolute atomic E-state index is 12.0. The summed E-state index contributed by atoms with van der Waals surface area (Å²) in [5.41, 5.74) is 5.83. The zero-order valence-corrected chi connectivity index (χ0v) is 7.09. The Kier molecular flexibility index (Phi) is 3.27. The minimum atomic E-state index is -0.253. The van der Waals surface area contributed by atoms with Gasteiger partial charge in [-0.25, -0.2) is 4.39 Å². The topological polar surface area (TPSA) is 29.3 Å². The highest BCUT2D eigenvalue weighted by atomic mass is 19.1. The lowest BCUT2D eigenvalue weighted by Gasteiger charge is -2.36. The zero-order chi connectivity index (χ0) is 8.27. The van der Waals surface area contributed by atoms with E-state index in [2.05, 4.69) is 11.8 Å². The van der Waals surface area contributed by atoms with Crippen LogP contribution >= 0.6 is 0 Å². The molecule has 3 heteroatoms. The molecule has 1 aliphatic heterocycles. The molecule has 0 bridgehead atoms. The number of hydrogen-bond acceptors (Lipinski definition) is 2. The maximum Gasteiger partial charge on any atom is 0.102 e. The Balaban J connectivity index is 2.38. The summed E-state index contributed by atoms with van der Waals surface area (Å²) in [4.78, 5) is 2.13. The average Bonchev–Trinajstić information content (AvgIpc) is 1.99. The molecule has 0 aromatic heterocycles. The van der Waals surface area contributed by atoms with Gasteiger partial charge in [0.05, 0.1) is 0 Å². The van der Waals surface area contributed by atoms with Crippen molar-refractivity contribution >= 4 is 0 Å². The van der Waals surface area contributed by atoms with Gasteiger partial charge in [0.1, 0.15) is 6.67 Å². The molecule has 0 radical (unpaired) electrons. The molecule has 0 unspecified atom stereocenters. The molecule has 0 aliphatic carbocycles. The van der Waals surface area contributed by atoms with Crippen molar-refractivity contribution in [3.63, 3.8) is 0 Å². The summed E-state index contributed by atoms with van der Waals surface area (Å²) in [7, 11) is 0. The minimum Gasteiger partial charge on any atom is -0.326 e. The van der Waals surface area contributed by atoms with Gasteiger partial charge in [-0.15, -0.1) is 0 Å². The highest BCUT2D eigenvalue weighted by Crippen LogP contribution is 2.14. The smallest absolute Gasteiger partial charge is 0.102 e. The van der Waals surface area contributed by atoms with Crippen molar-refractivity contribution in [1.82, 2.24) is 4.90 Å². The van der Waals surface area contributed by atoms with E-state index < -0.39 is 0 Å². The van der Waals surface area contributed by atoms with E-state index in [-0.39, 0.29) is 12.7 Å². The summed E-state index contributed by atoms with van der Waals surface area (Å²) in [6.07, 6.45) is 2.20. The Morgan fingerprint density at radius 2 is 2.36 bits per heavy atom. The van der Waals surface area contributed by atoms with Gasteiger partial charge in [0.25, 0.3) is 0 Å². The second-order valence-electron chi connectivity index (χ2n) is 3.27. The van der Waals surface area contributed by atoms with Gasteiger partial charge in [0.15, 0.2) is 0 Å². The van der Waals surface area contributed by atoms with E-state index >= 15 is 0 Å². The van der Waals surface area contributed by atoms with Gasteiger partial charge in [-0.1, -0.05) is 0 Å². The monoisotopic (exact) mass is 160 g/mol. The van der Waals surface area contributed by atoms with E-state index in [0.717, 1.165) is 19.4 Å². The first kappa shape index (κ1) is 8.94. The van der Waals surface area contributed by atoms with Gasteiger partial charge in [-0.2, -0.15) is 0 Å². The number of piperidine rings is 1. The number of rotatable bonds is 2. The van der Waals surface area contributed by atoms with E-state index in [1.807, 2.05) is 0 Å². The van der Waals surface area contributed by atoms with Crippen molar-refractivity contribution in [1.29, 1.82) is 0 Å². The highest BCUT2D eigenvalue weighted by Gasteiger charge is 2.24. The minimum absolute atomic E-state index is 0.246. The average molecular weight is 160 g/mol. The van der Waals surface area contributed by atoms with Crippen molar-refractivity contribution in [2.75, 3.05) is 19.8 Å². The molecule has 2 atom stereocenters. The standard InChI is InChI=1S/C8H17FN2/c1-7-8(10)3-2-5-11(7)6-4-9/h7-8H,2-6,10H2,1H3/t7-,8-/m1/s1. The largest absolute Gasteiger partial charge is 0.326 e. The number of nitrogens with zero attached hydrogens (tertiary/aromatic N) is 1. The summed E-state index contributed by atoms with van der Waals surface area (Å²) in [5.74, 6) is 0. The summed E-state index contributed by atoms with van der Waals surface area (Å²) in [6.45, 7) is 3.39. The molecule has 11 heavy (non-hydrogen) atoms. The molecule has 1 fully saturated rings. The molecule has 1 heterocycles. The first-order valence-electron chi connectivity index (χ1n) is 4.31. The summed E-state index contributed by atoms with van der Waals surface area (Å²) in [5, 5.41) is 0. The van der Waals surface area contributed by atoms with Crippen LogP contribution < -0.4 is 5.73 Å². The number of likely N-dealkylation sites (tertiary alicyclic amines) is 1. The zero-order valence-electron chi connectivity index (χ0n) is 7.09. The Labute approximate surface area is 67.6 Å². The summed E-state index contributed by atoms with van der Waals surface area (Å²) < 4.78 is 12.0. The fourth-order valence-corrected chi connectivity index (χ4v) is 1.67. The Morgan fingerprint density at radius 1 is 1.64 bits per heavy atom. The lowest BCUT2D eigenvalue weighted by molar-refractivity contribution is 0.131. The molecular weight excluding hydrogens is 143 g/mol. The van der Waals surface area contributed by atoms with Crippen molar-refractivity contribution in [3.8, 4) is 0 Å². The first-order valence-corrected chi connectivity index (χ1v) is 4.31. The van der Waals surface area contributed by atoms with Gasteiger partial charge in [0, 0.05) is 18.6 Å². The molecule has 1 rings (SSSR count). The quantitative estimate of drug-likeness (QED) is 0.646. The van der Waals surface area contributed by atoms with Gasteiger partial charge >= 0.3 is 0 Å². The van der Waals surface area contributed by atoms with E-state index in [4.69, 9.17) is 5.73 Å². The van der Waals surface area contributed by atoms with Crippen LogP contribution in [0.15, 0.2) is 0 Å². The molecular formula is C8H17FN2. The summed E-state index contributed by atoms with van der Waals surface area (Å²) >= 11 is 0. The van der Waals surface area contributed by atoms with E-state index in [9.17, 15) is 4.39 Å². The molecule has 0 aromatic carbocycles. The number of nitrogens with two attached hydrogens (primary N) is 1. The van der Waals surface area contributed by atoms with Crippen LogP contribution in [0.1, 0.15) is 19.8 Å². The van der Waals surface area contributed by atoms with Crippen LogP contribution in [0.4, 0.5) is 4.39 Å². The summed E-state index contributed by atoms with van der Waals surface area (Å²) in [6, 6.07) is 0.606. The fraction of sp³-hybridized carbons (Fsp3) is 1.00. The lowest BCUT2D eigenvalue weighted by atomic mass is 9.99. The molecule has 1 saturated heterocycles. The Bertz CT molecular complexity index is 117. The van der Waals surface area contributed by atoms with Crippen molar-refractivity contribution in [2.45, 2.75) is 31.8 Å².